The minimum absolute atomic E-state index is 0.0112. The van der Waals surface area contributed by atoms with Crippen molar-refractivity contribution in [3.63, 3.8) is 0 Å². The Kier molecular flexibility index (Phi) is 4.79. The van der Waals surface area contributed by atoms with Crippen LogP contribution in [0.2, 0.25) is 0 Å². The van der Waals surface area contributed by atoms with E-state index in [4.69, 9.17) is 10.9 Å². The molecule has 4 nitrogen and oxygen atoms in total. The molecule has 0 bridgehead atoms. The van der Waals surface area contributed by atoms with Gasteiger partial charge >= 0.3 is 0 Å². The first kappa shape index (κ1) is 15.7. The van der Waals surface area contributed by atoms with Crippen molar-refractivity contribution in [2.45, 2.75) is 6.54 Å². The van der Waals surface area contributed by atoms with E-state index in [1.807, 2.05) is 11.4 Å². The summed E-state index contributed by atoms with van der Waals surface area (Å²) in [7, 11) is 1.59. The Balaban J connectivity index is 2.31. The highest BCUT2D eigenvalue weighted by Gasteiger charge is 2.17. The Labute approximate surface area is 132 Å². The molecule has 0 aliphatic carbocycles. The molecule has 0 atom stereocenters. The van der Waals surface area contributed by atoms with Crippen molar-refractivity contribution in [2.24, 2.45) is 10.9 Å². The Morgan fingerprint density at radius 1 is 1.38 bits per heavy atom. The largest absolute Gasteiger partial charge is 0.409 e. The van der Waals surface area contributed by atoms with Crippen LogP contribution in [0.15, 0.2) is 32.5 Å². The smallest absolute Gasteiger partial charge is 0.170 e. The molecule has 0 aliphatic heterocycles. The van der Waals surface area contributed by atoms with Crippen LogP contribution in [0.3, 0.4) is 0 Å². The van der Waals surface area contributed by atoms with Crippen molar-refractivity contribution >= 4 is 38.8 Å². The molecule has 8 heteroatoms. The van der Waals surface area contributed by atoms with Gasteiger partial charge < -0.3 is 15.8 Å². The Morgan fingerprint density at radius 3 is 2.48 bits per heavy atom. The van der Waals surface area contributed by atoms with Gasteiger partial charge in [-0.2, -0.15) is 0 Å². The average molecular weight is 376 g/mol. The second-order valence-electron chi connectivity index (χ2n) is 4.39. The number of oxime groups is 1. The summed E-state index contributed by atoms with van der Waals surface area (Å²) >= 11 is 4.84. The van der Waals surface area contributed by atoms with Crippen molar-refractivity contribution in [2.75, 3.05) is 11.9 Å². The van der Waals surface area contributed by atoms with Crippen molar-refractivity contribution in [1.82, 2.24) is 0 Å². The number of nitrogens with zero attached hydrogens (tertiary/aromatic N) is 2. The molecule has 2 rings (SSSR count). The van der Waals surface area contributed by atoms with E-state index in [1.54, 1.807) is 7.05 Å². The number of nitrogens with two attached hydrogens (primary N) is 1. The zero-order chi connectivity index (χ0) is 15.6. The minimum Gasteiger partial charge on any atom is -0.409 e. The van der Waals surface area contributed by atoms with Crippen LogP contribution in [-0.2, 0) is 6.54 Å². The molecular formula is C13H12BrF2N3OS. The maximum Gasteiger partial charge on any atom is 0.170 e. The topological polar surface area (TPSA) is 61.8 Å². The van der Waals surface area contributed by atoms with Crippen molar-refractivity contribution in [3.8, 4) is 0 Å². The molecule has 0 unspecified atom stereocenters. The third kappa shape index (κ3) is 3.51. The van der Waals surface area contributed by atoms with E-state index in [9.17, 15) is 8.78 Å². The summed E-state index contributed by atoms with van der Waals surface area (Å²) in [6.07, 6.45) is 0. The maximum absolute atomic E-state index is 14.1. The lowest BCUT2D eigenvalue weighted by Gasteiger charge is -2.20. The molecule has 1 heterocycles. The monoisotopic (exact) mass is 375 g/mol. The van der Waals surface area contributed by atoms with E-state index in [0.717, 1.165) is 21.5 Å². The molecule has 0 aliphatic rings. The lowest BCUT2D eigenvalue weighted by atomic mass is 10.1. The maximum atomic E-state index is 14.1. The number of amidine groups is 1. The van der Waals surface area contributed by atoms with Crippen LogP contribution in [-0.4, -0.2) is 18.1 Å². The van der Waals surface area contributed by atoms with Gasteiger partial charge in [0.15, 0.2) is 5.84 Å². The van der Waals surface area contributed by atoms with Gasteiger partial charge in [0.05, 0.1) is 3.79 Å². The third-order valence-corrected chi connectivity index (χ3v) is 4.40. The predicted octanol–water partition coefficient (Wildman–Crippen LogP) is 3.52. The second kappa shape index (κ2) is 6.40. The van der Waals surface area contributed by atoms with Crippen molar-refractivity contribution in [3.05, 3.63) is 50.1 Å². The minimum atomic E-state index is -0.770. The molecule has 0 saturated carbocycles. The van der Waals surface area contributed by atoms with E-state index in [-0.39, 0.29) is 17.1 Å². The Hall–Kier alpha value is -1.67. The molecule has 0 radical (unpaired) electrons. The van der Waals surface area contributed by atoms with Gasteiger partial charge in [0, 0.05) is 19.2 Å². The lowest BCUT2D eigenvalue weighted by Crippen LogP contribution is -2.20. The third-order valence-electron chi connectivity index (χ3n) is 2.84. The summed E-state index contributed by atoms with van der Waals surface area (Å²) in [5.41, 5.74) is 6.10. The van der Waals surface area contributed by atoms with E-state index in [1.165, 1.54) is 16.2 Å². The van der Waals surface area contributed by atoms with Gasteiger partial charge in [-0.15, -0.1) is 11.3 Å². The van der Waals surface area contributed by atoms with Gasteiger partial charge in [0.25, 0.3) is 0 Å². The first-order valence-corrected chi connectivity index (χ1v) is 7.50. The van der Waals surface area contributed by atoms with Crippen LogP contribution < -0.4 is 10.6 Å². The second-order valence-corrected chi connectivity index (χ2v) is 6.68. The molecule has 2 aromatic rings. The summed E-state index contributed by atoms with van der Waals surface area (Å²) in [5.74, 6) is -1.88. The SMILES string of the molecule is CN(Cc1csc(Br)c1)c1c(F)cc(C(N)=NO)cc1F. The van der Waals surface area contributed by atoms with Crippen LogP contribution in [0.25, 0.3) is 0 Å². The molecule has 0 saturated heterocycles. The van der Waals surface area contributed by atoms with E-state index in [0.29, 0.717) is 6.54 Å². The summed E-state index contributed by atoms with van der Waals surface area (Å²) < 4.78 is 29.1. The number of hydrogen-bond acceptors (Lipinski definition) is 4. The number of halogens is 3. The highest BCUT2D eigenvalue weighted by Crippen LogP contribution is 2.27. The molecule has 1 aromatic carbocycles. The van der Waals surface area contributed by atoms with Gasteiger partial charge in [-0.3, -0.25) is 0 Å². The number of anilines is 1. The van der Waals surface area contributed by atoms with Gasteiger partial charge in [0.2, 0.25) is 0 Å². The fraction of sp³-hybridized carbons (Fsp3) is 0.154. The molecule has 3 N–H and O–H groups in total. The van der Waals surface area contributed by atoms with Gasteiger partial charge in [-0.25, -0.2) is 8.78 Å². The zero-order valence-electron chi connectivity index (χ0n) is 11.0. The molecule has 0 spiro atoms. The highest BCUT2D eigenvalue weighted by atomic mass is 79.9. The summed E-state index contributed by atoms with van der Waals surface area (Å²) in [6, 6.07) is 3.96. The summed E-state index contributed by atoms with van der Waals surface area (Å²) in [5, 5.41) is 13.2. The standard InChI is InChI=1S/C13H12BrF2N3OS/c1-19(5-7-2-11(14)21-6-7)12-9(15)3-8(4-10(12)16)13(17)18-20/h2-4,6,20H,5H2,1H3,(H2,17,18). The fourth-order valence-corrected chi connectivity index (χ4v) is 3.12. The van der Waals surface area contributed by atoms with E-state index >= 15 is 0 Å². The number of thiophene rings is 1. The summed E-state index contributed by atoms with van der Waals surface area (Å²) in [6.45, 7) is 0.360. The molecule has 21 heavy (non-hydrogen) atoms. The number of rotatable bonds is 4. The van der Waals surface area contributed by atoms with E-state index in [2.05, 4.69) is 21.1 Å². The number of benzene rings is 1. The molecule has 112 valence electrons. The molecule has 1 aromatic heterocycles. The van der Waals surface area contributed by atoms with Crippen molar-refractivity contribution < 1.29 is 14.0 Å². The average Bonchev–Trinajstić information content (AvgIpc) is 2.82. The molecule has 0 fully saturated rings. The van der Waals surface area contributed by atoms with Crippen LogP contribution in [0, 0.1) is 11.6 Å². The molecular weight excluding hydrogens is 364 g/mol. The van der Waals surface area contributed by atoms with Gasteiger partial charge in [-0.1, -0.05) is 5.16 Å². The summed E-state index contributed by atoms with van der Waals surface area (Å²) in [4.78, 5) is 1.47. The zero-order valence-corrected chi connectivity index (χ0v) is 13.4. The van der Waals surface area contributed by atoms with Gasteiger partial charge in [0.1, 0.15) is 17.3 Å². The van der Waals surface area contributed by atoms with Crippen molar-refractivity contribution in [1.29, 1.82) is 0 Å². The quantitative estimate of drug-likeness (QED) is 0.372. The van der Waals surface area contributed by atoms with Gasteiger partial charge in [-0.05, 0) is 45.1 Å². The normalized spacial score (nSPS) is 11.7. The Morgan fingerprint density at radius 2 is 2.00 bits per heavy atom. The van der Waals surface area contributed by atoms with Crippen LogP contribution in [0.4, 0.5) is 14.5 Å². The van der Waals surface area contributed by atoms with Crippen LogP contribution >= 0.6 is 27.3 Å². The predicted molar refractivity (Wildman–Crippen MR) is 83.0 cm³/mol. The first-order chi connectivity index (χ1) is 9.92. The van der Waals surface area contributed by atoms with E-state index < -0.39 is 11.6 Å². The highest BCUT2D eigenvalue weighted by molar-refractivity contribution is 9.11. The fourth-order valence-electron chi connectivity index (χ4n) is 1.92. The van der Waals surface area contributed by atoms with Crippen LogP contribution in [0.1, 0.15) is 11.1 Å². The lowest BCUT2D eigenvalue weighted by molar-refractivity contribution is 0.318. The van der Waals surface area contributed by atoms with Crippen LogP contribution in [0.5, 0.6) is 0 Å². The number of hydrogen-bond donors (Lipinski definition) is 2. The Bertz CT molecular complexity index is 667. The first-order valence-electron chi connectivity index (χ1n) is 5.83. The molecule has 0 amide bonds.